The normalized spacial score (nSPS) is 11.0. The number of fused-ring (bicyclic) bond motifs is 1. The molecule has 0 saturated heterocycles. The predicted molar refractivity (Wildman–Crippen MR) is 104 cm³/mol. The van der Waals surface area contributed by atoms with Crippen molar-refractivity contribution < 1.29 is 4.74 Å². The smallest absolute Gasteiger partial charge is 0.234 e. The van der Waals surface area contributed by atoms with Crippen LogP contribution in [0.15, 0.2) is 67.1 Å². The molecule has 0 bridgehead atoms. The number of benzene rings is 2. The summed E-state index contributed by atoms with van der Waals surface area (Å²) in [7, 11) is 0. The number of hydrogen-bond acceptors (Lipinski definition) is 3. The summed E-state index contributed by atoms with van der Waals surface area (Å²) in [5.74, 6) is 1.63. The number of aryl methyl sites for hydroxylation is 2. The summed E-state index contributed by atoms with van der Waals surface area (Å²) >= 11 is 0. The maximum absolute atomic E-state index is 6.10. The van der Waals surface area contributed by atoms with Crippen LogP contribution in [0.3, 0.4) is 0 Å². The molecule has 4 heteroatoms. The molecule has 4 rings (SSSR count). The van der Waals surface area contributed by atoms with E-state index < -0.39 is 0 Å². The molecule has 2 heterocycles. The van der Waals surface area contributed by atoms with Crippen molar-refractivity contribution in [2.45, 2.75) is 26.9 Å². The molecule has 0 unspecified atom stereocenters. The molecule has 2 aromatic heterocycles. The van der Waals surface area contributed by atoms with Gasteiger partial charge in [0.25, 0.3) is 0 Å². The zero-order valence-corrected chi connectivity index (χ0v) is 15.0. The van der Waals surface area contributed by atoms with Gasteiger partial charge in [-0.25, -0.2) is 9.97 Å². The first kappa shape index (κ1) is 16.3. The summed E-state index contributed by atoms with van der Waals surface area (Å²) in [4.78, 5) is 8.74. The third-order valence-corrected chi connectivity index (χ3v) is 4.59. The number of aromatic nitrogens is 3. The molecule has 4 aromatic rings. The van der Waals surface area contributed by atoms with E-state index in [1.54, 1.807) is 12.4 Å². The second-order valence-electron chi connectivity index (χ2n) is 6.33. The highest BCUT2D eigenvalue weighted by atomic mass is 16.5. The highest BCUT2D eigenvalue weighted by Gasteiger charge is 2.10. The summed E-state index contributed by atoms with van der Waals surface area (Å²) < 4.78 is 8.12. The molecule has 0 atom stereocenters. The van der Waals surface area contributed by atoms with Crippen LogP contribution in [0.4, 0.5) is 0 Å². The molecule has 26 heavy (non-hydrogen) atoms. The predicted octanol–water partition coefficient (Wildman–Crippen LogP) is 4.87. The Labute approximate surface area is 153 Å². The van der Waals surface area contributed by atoms with Gasteiger partial charge >= 0.3 is 0 Å². The standard InChI is InChI=1S/C22H21N3O/c1-3-18-7-4-5-8-21(18)26-15-17-13-16(2)19-9-12-25(20(19)14-17)22-23-10-6-11-24-22/h4-14H,3,15H2,1-2H3. The molecule has 0 amide bonds. The average molecular weight is 343 g/mol. The summed E-state index contributed by atoms with van der Waals surface area (Å²) in [5.41, 5.74) is 4.68. The Morgan fingerprint density at radius 2 is 1.81 bits per heavy atom. The number of rotatable bonds is 5. The minimum atomic E-state index is 0.536. The van der Waals surface area contributed by atoms with Crippen LogP contribution >= 0.6 is 0 Å². The lowest BCUT2D eigenvalue weighted by molar-refractivity contribution is 0.303. The highest BCUT2D eigenvalue weighted by Crippen LogP contribution is 2.25. The topological polar surface area (TPSA) is 39.9 Å². The van der Waals surface area contributed by atoms with Crippen molar-refractivity contribution >= 4 is 10.9 Å². The lowest BCUT2D eigenvalue weighted by atomic mass is 10.1. The zero-order valence-electron chi connectivity index (χ0n) is 15.0. The van der Waals surface area contributed by atoms with Crippen molar-refractivity contribution in [1.29, 1.82) is 0 Å². The van der Waals surface area contributed by atoms with Gasteiger partial charge < -0.3 is 4.74 Å². The van der Waals surface area contributed by atoms with Gasteiger partial charge in [0.1, 0.15) is 12.4 Å². The van der Waals surface area contributed by atoms with Gasteiger partial charge in [0, 0.05) is 24.0 Å². The first-order valence-corrected chi connectivity index (χ1v) is 8.85. The first-order chi connectivity index (χ1) is 12.8. The molecule has 4 nitrogen and oxygen atoms in total. The van der Waals surface area contributed by atoms with E-state index in [0.29, 0.717) is 12.6 Å². The summed E-state index contributed by atoms with van der Waals surface area (Å²) in [6, 6.07) is 16.5. The van der Waals surface area contributed by atoms with Gasteiger partial charge in [-0.3, -0.25) is 4.57 Å². The average Bonchev–Trinajstić information content (AvgIpc) is 3.12. The number of hydrogen-bond donors (Lipinski definition) is 0. The van der Waals surface area contributed by atoms with E-state index in [-0.39, 0.29) is 0 Å². The molecule has 0 aliphatic carbocycles. The maximum Gasteiger partial charge on any atom is 0.234 e. The lowest BCUT2D eigenvalue weighted by Gasteiger charge is -2.12. The molecule has 130 valence electrons. The Hall–Kier alpha value is -3.14. The summed E-state index contributed by atoms with van der Waals surface area (Å²) in [6.07, 6.45) is 6.50. The van der Waals surface area contributed by atoms with Crippen LogP contribution in [-0.2, 0) is 13.0 Å². The van der Waals surface area contributed by atoms with Crippen LogP contribution in [0.2, 0.25) is 0 Å². The molecule has 0 fully saturated rings. The first-order valence-electron chi connectivity index (χ1n) is 8.85. The fourth-order valence-electron chi connectivity index (χ4n) is 3.27. The Morgan fingerprint density at radius 1 is 1.00 bits per heavy atom. The van der Waals surface area contributed by atoms with E-state index in [1.807, 2.05) is 29.0 Å². The lowest BCUT2D eigenvalue weighted by Crippen LogP contribution is -2.01. The molecule has 0 aliphatic heterocycles. The minimum Gasteiger partial charge on any atom is -0.489 e. The number of nitrogens with zero attached hydrogens (tertiary/aromatic N) is 3. The second-order valence-corrected chi connectivity index (χ2v) is 6.33. The Kier molecular flexibility index (Phi) is 4.40. The largest absolute Gasteiger partial charge is 0.489 e. The fraction of sp³-hybridized carbons (Fsp3) is 0.182. The number of ether oxygens (including phenoxy) is 1. The molecular weight excluding hydrogens is 322 g/mol. The number of para-hydroxylation sites is 1. The van der Waals surface area contributed by atoms with E-state index in [1.165, 1.54) is 16.5 Å². The molecule has 0 spiro atoms. The van der Waals surface area contributed by atoms with E-state index in [0.717, 1.165) is 23.3 Å². The molecule has 0 saturated carbocycles. The van der Waals surface area contributed by atoms with Gasteiger partial charge in [-0.15, -0.1) is 0 Å². The molecule has 2 aromatic carbocycles. The van der Waals surface area contributed by atoms with E-state index in [9.17, 15) is 0 Å². The third kappa shape index (κ3) is 3.06. The third-order valence-electron chi connectivity index (χ3n) is 4.59. The quantitative estimate of drug-likeness (QED) is 0.519. The van der Waals surface area contributed by atoms with Crippen molar-refractivity contribution in [2.75, 3.05) is 0 Å². The van der Waals surface area contributed by atoms with Crippen LogP contribution in [0, 0.1) is 6.92 Å². The highest BCUT2D eigenvalue weighted by molar-refractivity contribution is 5.85. The van der Waals surface area contributed by atoms with Crippen LogP contribution in [0.5, 0.6) is 5.75 Å². The van der Waals surface area contributed by atoms with Crippen LogP contribution in [-0.4, -0.2) is 14.5 Å². The van der Waals surface area contributed by atoms with Gasteiger partial charge in [0.15, 0.2) is 0 Å². The van der Waals surface area contributed by atoms with E-state index in [2.05, 4.69) is 54.1 Å². The van der Waals surface area contributed by atoms with Gasteiger partial charge in [-0.05, 0) is 54.3 Å². The van der Waals surface area contributed by atoms with Crippen LogP contribution < -0.4 is 4.74 Å². The fourth-order valence-corrected chi connectivity index (χ4v) is 3.27. The SMILES string of the molecule is CCc1ccccc1OCc1cc(C)c2ccn(-c3ncccn3)c2c1. The van der Waals surface area contributed by atoms with Gasteiger partial charge in [-0.2, -0.15) is 0 Å². The van der Waals surface area contributed by atoms with Gasteiger partial charge in [0.2, 0.25) is 5.95 Å². The molecular formula is C22H21N3O. The Morgan fingerprint density at radius 3 is 2.62 bits per heavy atom. The van der Waals surface area contributed by atoms with Gasteiger partial charge in [0.05, 0.1) is 5.52 Å². The zero-order chi connectivity index (χ0) is 17.9. The van der Waals surface area contributed by atoms with Crippen molar-refractivity contribution in [3.8, 4) is 11.7 Å². The van der Waals surface area contributed by atoms with E-state index in [4.69, 9.17) is 4.74 Å². The van der Waals surface area contributed by atoms with Gasteiger partial charge in [-0.1, -0.05) is 31.2 Å². The van der Waals surface area contributed by atoms with Crippen molar-refractivity contribution in [3.63, 3.8) is 0 Å². The van der Waals surface area contributed by atoms with E-state index >= 15 is 0 Å². The summed E-state index contributed by atoms with van der Waals surface area (Å²) in [5, 5.41) is 1.20. The monoisotopic (exact) mass is 343 g/mol. The van der Waals surface area contributed by atoms with Crippen LogP contribution in [0.25, 0.3) is 16.9 Å². The van der Waals surface area contributed by atoms with Crippen molar-refractivity contribution in [1.82, 2.24) is 14.5 Å². The molecule has 0 radical (unpaired) electrons. The summed E-state index contributed by atoms with van der Waals surface area (Å²) in [6.45, 7) is 4.81. The Bertz CT molecular complexity index is 1040. The molecule has 0 N–H and O–H groups in total. The van der Waals surface area contributed by atoms with Crippen molar-refractivity contribution in [3.05, 3.63) is 83.8 Å². The Balaban J connectivity index is 1.68. The molecule has 0 aliphatic rings. The maximum atomic E-state index is 6.10. The second kappa shape index (κ2) is 7.00. The van der Waals surface area contributed by atoms with Crippen molar-refractivity contribution in [2.24, 2.45) is 0 Å². The minimum absolute atomic E-state index is 0.536. The van der Waals surface area contributed by atoms with Crippen LogP contribution in [0.1, 0.15) is 23.6 Å².